The molecule has 2 aliphatic carbocycles. The van der Waals surface area contributed by atoms with Crippen LogP contribution >= 0.6 is 23.4 Å². The van der Waals surface area contributed by atoms with Crippen LogP contribution in [0.2, 0.25) is 5.02 Å². The molecule has 0 radical (unpaired) electrons. The van der Waals surface area contributed by atoms with E-state index in [1.54, 1.807) is 12.4 Å². The quantitative estimate of drug-likeness (QED) is 0.424. The van der Waals surface area contributed by atoms with E-state index in [9.17, 15) is 4.79 Å². The lowest BCUT2D eigenvalue weighted by Gasteiger charge is -2.42. The van der Waals surface area contributed by atoms with Gasteiger partial charge in [-0.3, -0.25) is 4.79 Å². The summed E-state index contributed by atoms with van der Waals surface area (Å²) in [4.78, 5) is 28.3. The molecular weight excluding hydrogens is 518 g/mol. The topological polar surface area (TPSA) is 123 Å². The van der Waals surface area contributed by atoms with E-state index in [1.807, 2.05) is 18.3 Å². The number of piperidine rings is 1. The summed E-state index contributed by atoms with van der Waals surface area (Å²) in [5.41, 5.74) is 16.0. The maximum Gasteiger partial charge on any atom is 0.296 e. The summed E-state index contributed by atoms with van der Waals surface area (Å²) in [6.45, 7) is 1.73. The van der Waals surface area contributed by atoms with Crippen molar-refractivity contribution in [2.75, 3.05) is 23.7 Å². The van der Waals surface area contributed by atoms with Gasteiger partial charge in [-0.05, 0) is 66.8 Å². The second kappa shape index (κ2) is 10.1. The molecule has 1 aliphatic heterocycles. The fourth-order valence-electron chi connectivity index (χ4n) is 5.35. The average Bonchev–Trinajstić information content (AvgIpc) is 3.70. The van der Waals surface area contributed by atoms with Crippen molar-refractivity contribution in [2.45, 2.75) is 54.1 Å². The lowest BCUT2D eigenvalue weighted by molar-refractivity contribution is -0.115. The summed E-state index contributed by atoms with van der Waals surface area (Å²) in [5, 5.41) is 4.07. The number of nitrogens with two attached hydrogens (primary N) is 2. The summed E-state index contributed by atoms with van der Waals surface area (Å²) < 4.78 is 0. The van der Waals surface area contributed by atoms with Crippen molar-refractivity contribution in [2.24, 2.45) is 11.1 Å². The second-order valence-electron chi connectivity index (χ2n) is 10.2. The predicted octanol–water partition coefficient (Wildman–Crippen LogP) is 3.73. The van der Waals surface area contributed by atoms with Crippen molar-refractivity contribution in [3.8, 4) is 11.8 Å². The zero-order valence-electron chi connectivity index (χ0n) is 20.8. The highest BCUT2D eigenvalue weighted by atomic mass is 35.5. The molecule has 1 aromatic carbocycles. The van der Waals surface area contributed by atoms with Gasteiger partial charge in [-0.25, -0.2) is 15.0 Å². The molecule has 194 valence electrons. The monoisotopic (exact) mass is 545 g/mol. The minimum atomic E-state index is -0.207. The van der Waals surface area contributed by atoms with Crippen molar-refractivity contribution in [3.05, 3.63) is 64.6 Å². The fourth-order valence-corrected chi connectivity index (χ4v) is 6.33. The number of fused-ring (bicyclic) bond motifs is 1. The van der Waals surface area contributed by atoms with E-state index in [-0.39, 0.29) is 17.4 Å². The lowest BCUT2D eigenvalue weighted by atomic mass is 9.73. The lowest BCUT2D eigenvalue weighted by Crippen LogP contribution is -2.44. The molecule has 1 atom stereocenters. The summed E-state index contributed by atoms with van der Waals surface area (Å²) >= 11 is 7.67. The van der Waals surface area contributed by atoms with Gasteiger partial charge in [0.05, 0.1) is 17.4 Å². The number of carbonyl (C=O) groups is 1. The third-order valence-corrected chi connectivity index (χ3v) is 9.20. The maximum atomic E-state index is 11.9. The third-order valence-electron chi connectivity index (χ3n) is 7.71. The Hall–Kier alpha value is -3.32. The molecule has 1 saturated heterocycles. The number of hydrogen-bond donors (Lipinski definition) is 3. The van der Waals surface area contributed by atoms with Crippen LogP contribution in [-0.2, 0) is 11.2 Å². The number of nitrogens with zero attached hydrogens (tertiary/aromatic N) is 4. The molecule has 10 heteroatoms. The van der Waals surface area contributed by atoms with E-state index >= 15 is 0 Å². The van der Waals surface area contributed by atoms with E-state index in [1.165, 1.54) is 17.3 Å². The Morgan fingerprint density at radius 3 is 2.71 bits per heavy atom. The Morgan fingerprint density at radius 2 is 1.97 bits per heavy atom. The van der Waals surface area contributed by atoms with E-state index in [2.05, 4.69) is 49.1 Å². The Labute approximate surface area is 231 Å². The molecule has 3 heterocycles. The standard InChI is InChI=1S/C28H28ClN7OS/c29-25-21(7-10-32-27(25)31)38-24-16-33-22(15-34-24)36-11-8-28(9-12-36)14-18-3-1-17(13-20(18)26(28)30)2-6-23(37)35-19-4-5-19/h1,3,7,10,13,15-16,19,26H,4-5,8-9,11-12,14,30H2,(H2,31,32)(H,35,37)/t26-/m1/s1. The number of rotatable bonds is 4. The first kappa shape index (κ1) is 25.0. The Balaban J connectivity index is 1.09. The van der Waals surface area contributed by atoms with Crippen LogP contribution in [0.5, 0.6) is 0 Å². The summed E-state index contributed by atoms with van der Waals surface area (Å²) in [6, 6.07) is 8.27. The number of carbonyl (C=O) groups excluding carboxylic acids is 1. The molecule has 6 rings (SSSR count). The molecule has 5 N–H and O–H groups in total. The highest BCUT2D eigenvalue weighted by Crippen LogP contribution is 2.51. The molecule has 38 heavy (non-hydrogen) atoms. The van der Waals surface area contributed by atoms with Crippen molar-refractivity contribution in [3.63, 3.8) is 0 Å². The molecule has 3 aromatic rings. The number of benzene rings is 1. The number of nitrogen functional groups attached to an aromatic ring is 1. The predicted molar refractivity (Wildman–Crippen MR) is 149 cm³/mol. The normalized spacial score (nSPS) is 19.5. The fraction of sp³-hybridized carbons (Fsp3) is 0.357. The number of aromatic nitrogens is 3. The zero-order valence-corrected chi connectivity index (χ0v) is 22.4. The zero-order chi connectivity index (χ0) is 26.3. The smallest absolute Gasteiger partial charge is 0.296 e. The van der Waals surface area contributed by atoms with Crippen LogP contribution in [0.3, 0.4) is 0 Å². The van der Waals surface area contributed by atoms with Gasteiger partial charge in [-0.1, -0.05) is 35.3 Å². The first-order valence-corrected chi connectivity index (χ1v) is 14.0. The average molecular weight is 546 g/mol. The highest BCUT2D eigenvalue weighted by Gasteiger charge is 2.46. The van der Waals surface area contributed by atoms with Crippen LogP contribution in [0.4, 0.5) is 11.6 Å². The molecule has 0 unspecified atom stereocenters. The number of hydrogen-bond acceptors (Lipinski definition) is 8. The van der Waals surface area contributed by atoms with Gasteiger partial charge in [0.2, 0.25) is 0 Å². The van der Waals surface area contributed by atoms with Gasteiger partial charge < -0.3 is 21.7 Å². The van der Waals surface area contributed by atoms with E-state index < -0.39 is 0 Å². The molecular formula is C28H28ClN7OS. The number of amides is 1. The van der Waals surface area contributed by atoms with Crippen LogP contribution < -0.4 is 21.7 Å². The van der Waals surface area contributed by atoms with Crippen LogP contribution in [0.25, 0.3) is 0 Å². The number of pyridine rings is 1. The molecule has 1 spiro atoms. The first-order chi connectivity index (χ1) is 18.4. The van der Waals surface area contributed by atoms with Crippen molar-refractivity contribution in [1.82, 2.24) is 20.3 Å². The minimum absolute atomic E-state index is 0.0233. The van der Waals surface area contributed by atoms with Crippen LogP contribution in [0.15, 0.2) is 52.8 Å². The number of halogens is 1. The largest absolute Gasteiger partial charge is 0.382 e. The summed E-state index contributed by atoms with van der Waals surface area (Å²) in [7, 11) is 0. The molecule has 1 amide bonds. The third kappa shape index (κ3) is 5.04. The van der Waals surface area contributed by atoms with Gasteiger partial charge in [0.25, 0.3) is 5.91 Å². The van der Waals surface area contributed by atoms with Crippen molar-refractivity contribution < 1.29 is 4.79 Å². The van der Waals surface area contributed by atoms with Crippen LogP contribution in [0, 0.1) is 17.3 Å². The van der Waals surface area contributed by atoms with Gasteiger partial charge in [-0.2, -0.15) is 0 Å². The SMILES string of the molecule is Nc1nccc(Sc2cnc(N3CCC4(CC3)Cc3ccc(C#CC(=O)NC5CC5)cc3[C@H]4N)cn2)c1Cl. The highest BCUT2D eigenvalue weighted by molar-refractivity contribution is 7.99. The van der Waals surface area contributed by atoms with Gasteiger partial charge in [0.15, 0.2) is 0 Å². The van der Waals surface area contributed by atoms with E-state index in [0.717, 1.165) is 72.1 Å². The summed E-state index contributed by atoms with van der Waals surface area (Å²) in [5.74, 6) is 6.68. The van der Waals surface area contributed by atoms with Gasteiger partial charge in [0.1, 0.15) is 16.7 Å². The molecule has 2 fully saturated rings. The van der Waals surface area contributed by atoms with Crippen LogP contribution in [0.1, 0.15) is 48.4 Å². The molecule has 3 aliphatic rings. The number of nitrogens with one attached hydrogen (secondary N) is 1. The van der Waals surface area contributed by atoms with E-state index in [4.69, 9.17) is 23.1 Å². The first-order valence-electron chi connectivity index (χ1n) is 12.8. The molecule has 2 aromatic heterocycles. The van der Waals surface area contributed by atoms with E-state index in [0.29, 0.717) is 16.9 Å². The van der Waals surface area contributed by atoms with Crippen LogP contribution in [-0.4, -0.2) is 40.0 Å². The second-order valence-corrected chi connectivity index (χ2v) is 11.7. The summed E-state index contributed by atoms with van der Waals surface area (Å²) in [6.07, 6.45) is 10.2. The van der Waals surface area contributed by atoms with Gasteiger partial charge in [-0.15, -0.1) is 0 Å². The molecule has 1 saturated carbocycles. The molecule has 0 bridgehead atoms. The minimum Gasteiger partial charge on any atom is -0.382 e. The van der Waals surface area contributed by atoms with Crippen molar-refractivity contribution in [1.29, 1.82) is 0 Å². The van der Waals surface area contributed by atoms with Crippen molar-refractivity contribution >= 4 is 40.9 Å². The Morgan fingerprint density at radius 1 is 1.16 bits per heavy atom. The Kier molecular flexibility index (Phi) is 6.64. The van der Waals surface area contributed by atoms with Gasteiger partial charge in [0, 0.05) is 47.7 Å². The maximum absolute atomic E-state index is 11.9. The Bertz CT molecular complexity index is 1440. The molecule has 8 nitrogen and oxygen atoms in total. The number of anilines is 2. The van der Waals surface area contributed by atoms with Gasteiger partial charge >= 0.3 is 0 Å².